The Balaban J connectivity index is 1.72. The Morgan fingerprint density at radius 1 is 1.30 bits per heavy atom. The molecule has 1 fully saturated rings. The first-order valence-electron chi connectivity index (χ1n) is 8.86. The molecule has 3 rings (SSSR count). The van der Waals surface area contributed by atoms with Gasteiger partial charge < -0.3 is 14.6 Å². The molecule has 1 aliphatic rings. The second kappa shape index (κ2) is 8.03. The van der Waals surface area contributed by atoms with E-state index in [1.807, 2.05) is 0 Å². The average Bonchev–Trinajstić information content (AvgIpc) is 3.22. The molecular weight excluding hydrogens is 350 g/mol. The SMILES string of the molecule is C[C@H](NC(=O)[C@H]1CCCCN1C(=O)c1ccco1)c1cccc([N+](=O)[O-])c1. The zero-order chi connectivity index (χ0) is 19.4. The lowest BCUT2D eigenvalue weighted by atomic mass is 10.00. The van der Waals surface area contributed by atoms with Crippen molar-refractivity contribution in [1.82, 2.24) is 10.2 Å². The van der Waals surface area contributed by atoms with Crippen molar-refractivity contribution in [2.45, 2.75) is 38.3 Å². The average molecular weight is 371 g/mol. The van der Waals surface area contributed by atoms with Gasteiger partial charge in [-0.25, -0.2) is 0 Å². The van der Waals surface area contributed by atoms with Crippen molar-refractivity contribution >= 4 is 17.5 Å². The first-order chi connectivity index (χ1) is 13.0. The molecule has 1 N–H and O–H groups in total. The minimum absolute atomic E-state index is 0.0270. The van der Waals surface area contributed by atoms with E-state index in [1.165, 1.54) is 23.3 Å². The van der Waals surface area contributed by atoms with Gasteiger partial charge in [-0.3, -0.25) is 19.7 Å². The van der Waals surface area contributed by atoms with E-state index in [4.69, 9.17) is 4.42 Å². The van der Waals surface area contributed by atoms with E-state index in [0.717, 1.165) is 12.8 Å². The van der Waals surface area contributed by atoms with Crippen LogP contribution in [-0.2, 0) is 4.79 Å². The largest absolute Gasteiger partial charge is 0.459 e. The van der Waals surface area contributed by atoms with E-state index in [0.29, 0.717) is 18.5 Å². The number of piperidine rings is 1. The normalized spacial score (nSPS) is 18.0. The Bertz CT molecular complexity index is 834. The van der Waals surface area contributed by atoms with Gasteiger partial charge in [0.2, 0.25) is 5.91 Å². The van der Waals surface area contributed by atoms with E-state index in [1.54, 1.807) is 31.2 Å². The van der Waals surface area contributed by atoms with Gasteiger partial charge in [-0.1, -0.05) is 12.1 Å². The zero-order valence-corrected chi connectivity index (χ0v) is 15.0. The molecule has 1 aliphatic heterocycles. The number of hydrogen-bond donors (Lipinski definition) is 1. The second-order valence-electron chi connectivity index (χ2n) is 6.57. The summed E-state index contributed by atoms with van der Waals surface area (Å²) in [5.74, 6) is -0.363. The van der Waals surface area contributed by atoms with E-state index < -0.39 is 17.0 Å². The summed E-state index contributed by atoms with van der Waals surface area (Å²) in [5, 5.41) is 13.8. The van der Waals surface area contributed by atoms with Crippen LogP contribution in [-0.4, -0.2) is 34.2 Å². The summed E-state index contributed by atoms with van der Waals surface area (Å²) in [6, 6.07) is 8.38. The first kappa shape index (κ1) is 18.6. The third kappa shape index (κ3) is 4.16. The maximum atomic E-state index is 12.8. The van der Waals surface area contributed by atoms with Crippen molar-refractivity contribution < 1.29 is 18.9 Å². The molecule has 1 aromatic carbocycles. The summed E-state index contributed by atoms with van der Waals surface area (Å²) >= 11 is 0. The van der Waals surface area contributed by atoms with Gasteiger partial charge in [-0.05, 0) is 43.9 Å². The molecule has 2 heterocycles. The molecule has 2 amide bonds. The highest BCUT2D eigenvalue weighted by Crippen LogP contribution is 2.23. The fourth-order valence-electron chi connectivity index (χ4n) is 3.29. The van der Waals surface area contributed by atoms with Crippen LogP contribution in [0.25, 0.3) is 0 Å². The number of hydrogen-bond acceptors (Lipinski definition) is 5. The van der Waals surface area contributed by atoms with Crippen LogP contribution in [0.1, 0.15) is 48.3 Å². The Morgan fingerprint density at radius 3 is 2.81 bits per heavy atom. The molecule has 27 heavy (non-hydrogen) atoms. The quantitative estimate of drug-likeness (QED) is 0.642. The van der Waals surface area contributed by atoms with Gasteiger partial charge in [0.05, 0.1) is 17.2 Å². The molecule has 0 saturated carbocycles. The van der Waals surface area contributed by atoms with Crippen molar-refractivity contribution in [1.29, 1.82) is 0 Å². The summed E-state index contributed by atoms with van der Waals surface area (Å²) in [7, 11) is 0. The zero-order valence-electron chi connectivity index (χ0n) is 15.0. The summed E-state index contributed by atoms with van der Waals surface area (Å²) in [5.41, 5.74) is 0.609. The molecule has 1 saturated heterocycles. The molecule has 1 aromatic heterocycles. The van der Waals surface area contributed by atoms with Crippen molar-refractivity contribution in [3.05, 3.63) is 64.1 Å². The molecule has 8 heteroatoms. The number of benzene rings is 1. The number of likely N-dealkylation sites (tertiary alicyclic amines) is 1. The number of non-ortho nitro benzene ring substituents is 1. The lowest BCUT2D eigenvalue weighted by Crippen LogP contribution is -2.52. The number of rotatable bonds is 5. The third-order valence-electron chi connectivity index (χ3n) is 4.74. The molecule has 0 unspecified atom stereocenters. The Kier molecular flexibility index (Phi) is 5.54. The third-order valence-corrected chi connectivity index (χ3v) is 4.74. The number of carbonyl (C=O) groups is 2. The van der Waals surface area contributed by atoms with Gasteiger partial charge >= 0.3 is 0 Å². The van der Waals surface area contributed by atoms with Crippen molar-refractivity contribution in [3.8, 4) is 0 Å². The summed E-state index contributed by atoms with van der Waals surface area (Å²) in [4.78, 5) is 37.5. The Labute approximate surface area is 156 Å². The Morgan fingerprint density at radius 2 is 2.11 bits per heavy atom. The van der Waals surface area contributed by atoms with Crippen LogP contribution in [0, 0.1) is 10.1 Å². The maximum Gasteiger partial charge on any atom is 0.290 e. The van der Waals surface area contributed by atoms with Crippen LogP contribution in [0.5, 0.6) is 0 Å². The van der Waals surface area contributed by atoms with Gasteiger partial charge in [0, 0.05) is 18.7 Å². The summed E-state index contributed by atoms with van der Waals surface area (Å²) < 4.78 is 5.18. The van der Waals surface area contributed by atoms with Crippen LogP contribution < -0.4 is 5.32 Å². The molecule has 2 atom stereocenters. The highest BCUT2D eigenvalue weighted by molar-refractivity contribution is 5.95. The number of nitro groups is 1. The topological polar surface area (TPSA) is 106 Å². The number of amides is 2. The van der Waals surface area contributed by atoms with E-state index in [2.05, 4.69) is 5.32 Å². The monoisotopic (exact) mass is 371 g/mol. The van der Waals surface area contributed by atoms with Crippen molar-refractivity contribution in [3.63, 3.8) is 0 Å². The molecular formula is C19H21N3O5. The summed E-state index contributed by atoms with van der Waals surface area (Å²) in [6.07, 6.45) is 3.68. The van der Waals surface area contributed by atoms with E-state index >= 15 is 0 Å². The number of nitrogens with zero attached hydrogens (tertiary/aromatic N) is 2. The van der Waals surface area contributed by atoms with Crippen LogP contribution in [0.2, 0.25) is 0 Å². The minimum atomic E-state index is -0.586. The molecule has 8 nitrogen and oxygen atoms in total. The van der Waals surface area contributed by atoms with Crippen LogP contribution in [0.3, 0.4) is 0 Å². The van der Waals surface area contributed by atoms with E-state index in [9.17, 15) is 19.7 Å². The number of carbonyl (C=O) groups excluding carboxylic acids is 2. The lowest BCUT2D eigenvalue weighted by Gasteiger charge is -2.34. The van der Waals surface area contributed by atoms with Gasteiger partial charge in [-0.15, -0.1) is 0 Å². The second-order valence-corrected chi connectivity index (χ2v) is 6.57. The highest BCUT2D eigenvalue weighted by atomic mass is 16.6. The first-order valence-corrected chi connectivity index (χ1v) is 8.86. The fraction of sp³-hybridized carbons (Fsp3) is 0.368. The predicted molar refractivity (Wildman–Crippen MR) is 97.0 cm³/mol. The smallest absolute Gasteiger partial charge is 0.290 e. The number of nitro benzene ring substituents is 1. The molecule has 0 bridgehead atoms. The van der Waals surface area contributed by atoms with Gasteiger partial charge in [-0.2, -0.15) is 0 Å². The highest BCUT2D eigenvalue weighted by Gasteiger charge is 2.34. The maximum absolute atomic E-state index is 12.8. The lowest BCUT2D eigenvalue weighted by molar-refractivity contribution is -0.384. The minimum Gasteiger partial charge on any atom is -0.459 e. The van der Waals surface area contributed by atoms with Crippen LogP contribution >= 0.6 is 0 Å². The molecule has 0 radical (unpaired) electrons. The Hall–Kier alpha value is -3.16. The van der Waals surface area contributed by atoms with Crippen LogP contribution in [0.15, 0.2) is 47.1 Å². The fourth-order valence-corrected chi connectivity index (χ4v) is 3.29. The van der Waals surface area contributed by atoms with Gasteiger partial charge in [0.25, 0.3) is 11.6 Å². The van der Waals surface area contributed by atoms with Gasteiger partial charge in [0.1, 0.15) is 6.04 Å². The number of furan rings is 1. The van der Waals surface area contributed by atoms with E-state index in [-0.39, 0.29) is 23.3 Å². The predicted octanol–water partition coefficient (Wildman–Crippen LogP) is 3.06. The molecule has 0 aliphatic carbocycles. The van der Waals surface area contributed by atoms with Crippen molar-refractivity contribution in [2.24, 2.45) is 0 Å². The molecule has 2 aromatic rings. The van der Waals surface area contributed by atoms with Crippen LogP contribution in [0.4, 0.5) is 5.69 Å². The summed E-state index contributed by atoms with van der Waals surface area (Å²) in [6.45, 7) is 2.25. The molecule has 142 valence electrons. The standard InChI is InChI=1S/C19H21N3O5/c1-13(14-6-4-7-15(12-14)22(25)26)20-18(23)16-8-2-3-10-21(16)19(24)17-9-5-11-27-17/h4-7,9,11-13,16H,2-3,8,10H2,1H3,(H,20,23)/t13-,16+/m0/s1. The van der Waals surface area contributed by atoms with Crippen molar-refractivity contribution in [2.75, 3.05) is 6.54 Å². The molecule has 0 spiro atoms. The van der Waals surface area contributed by atoms with Gasteiger partial charge in [0.15, 0.2) is 5.76 Å². The number of nitrogens with one attached hydrogen (secondary N) is 1.